The minimum atomic E-state index is -0.215. The van der Waals surface area contributed by atoms with Crippen molar-refractivity contribution in [1.29, 1.82) is 0 Å². The largest absolute Gasteiger partial charge is 0.382 e. The van der Waals surface area contributed by atoms with Gasteiger partial charge in [-0.1, -0.05) is 58.6 Å². The Labute approximate surface area is 132 Å². The van der Waals surface area contributed by atoms with E-state index in [1.807, 2.05) is 6.92 Å². The van der Waals surface area contributed by atoms with Crippen LogP contribution in [0.4, 0.5) is 5.69 Å². The predicted molar refractivity (Wildman–Crippen MR) is 90.2 cm³/mol. The van der Waals surface area contributed by atoms with Gasteiger partial charge in [-0.3, -0.25) is 4.79 Å². The third-order valence-corrected chi connectivity index (χ3v) is 4.00. The monoisotopic (exact) mass is 313 g/mol. The Morgan fingerprint density at radius 3 is 2.62 bits per heavy atom. The maximum absolute atomic E-state index is 12.0. The van der Waals surface area contributed by atoms with Gasteiger partial charge < -0.3 is 5.32 Å². The standard InChI is InChI=1S/C16H28ClN3O/c1-5-7-8-9-16(3,4)12-18-13-11-19-20(10-6-2)15(21)14(13)17/h11,18H,5-10,12H2,1-4H3. The van der Waals surface area contributed by atoms with Gasteiger partial charge in [-0.15, -0.1) is 0 Å². The molecule has 1 rings (SSSR count). The van der Waals surface area contributed by atoms with Crippen LogP contribution in [0, 0.1) is 5.41 Å². The molecule has 0 unspecified atom stereocenters. The number of nitrogens with one attached hydrogen (secondary N) is 1. The first-order valence-corrected chi connectivity index (χ1v) is 8.28. The summed E-state index contributed by atoms with van der Waals surface area (Å²) in [6, 6.07) is 0. The Morgan fingerprint density at radius 2 is 2.00 bits per heavy atom. The second-order valence-electron chi connectivity index (χ2n) is 6.38. The van der Waals surface area contributed by atoms with Crippen LogP contribution >= 0.6 is 11.6 Å². The zero-order valence-electron chi connectivity index (χ0n) is 13.7. The summed E-state index contributed by atoms with van der Waals surface area (Å²) in [5.74, 6) is 0. The molecule has 0 aliphatic carbocycles. The van der Waals surface area contributed by atoms with Crippen molar-refractivity contribution in [3.63, 3.8) is 0 Å². The van der Waals surface area contributed by atoms with Crippen LogP contribution in [0.2, 0.25) is 5.02 Å². The van der Waals surface area contributed by atoms with Crippen molar-refractivity contribution in [3.05, 3.63) is 21.6 Å². The lowest BCUT2D eigenvalue weighted by molar-refractivity contribution is 0.342. The lowest BCUT2D eigenvalue weighted by Gasteiger charge is -2.25. The summed E-state index contributed by atoms with van der Waals surface area (Å²) in [4.78, 5) is 12.0. The highest BCUT2D eigenvalue weighted by Gasteiger charge is 2.18. The van der Waals surface area contributed by atoms with Gasteiger partial charge in [0.25, 0.3) is 5.56 Å². The molecule has 4 nitrogen and oxygen atoms in total. The smallest absolute Gasteiger partial charge is 0.287 e. The number of anilines is 1. The molecule has 1 aromatic rings. The summed E-state index contributed by atoms with van der Waals surface area (Å²) in [7, 11) is 0. The maximum atomic E-state index is 12.0. The molecule has 0 bridgehead atoms. The summed E-state index contributed by atoms with van der Waals surface area (Å²) < 4.78 is 1.42. The molecule has 0 atom stereocenters. The van der Waals surface area contributed by atoms with Crippen LogP contribution in [-0.4, -0.2) is 16.3 Å². The molecule has 21 heavy (non-hydrogen) atoms. The molecule has 0 saturated heterocycles. The highest BCUT2D eigenvalue weighted by atomic mass is 35.5. The number of aryl methyl sites for hydroxylation is 1. The number of rotatable bonds is 9. The van der Waals surface area contributed by atoms with Gasteiger partial charge in [0, 0.05) is 13.1 Å². The lowest BCUT2D eigenvalue weighted by atomic mass is 9.87. The average Bonchev–Trinajstić information content (AvgIpc) is 2.43. The molecule has 0 amide bonds. The van der Waals surface area contributed by atoms with E-state index >= 15 is 0 Å². The molecule has 1 N–H and O–H groups in total. The van der Waals surface area contributed by atoms with Crippen molar-refractivity contribution < 1.29 is 0 Å². The molecule has 0 aliphatic heterocycles. The van der Waals surface area contributed by atoms with Crippen molar-refractivity contribution >= 4 is 17.3 Å². The minimum Gasteiger partial charge on any atom is -0.382 e. The molecule has 1 heterocycles. The van der Waals surface area contributed by atoms with E-state index in [0.29, 0.717) is 12.2 Å². The molecule has 0 aliphatic rings. The third kappa shape index (κ3) is 5.70. The molecule has 1 aromatic heterocycles. The Bertz CT molecular complexity index is 497. The summed E-state index contributed by atoms with van der Waals surface area (Å²) in [5.41, 5.74) is 0.599. The summed E-state index contributed by atoms with van der Waals surface area (Å²) in [5, 5.41) is 7.68. The Morgan fingerprint density at radius 1 is 1.29 bits per heavy atom. The van der Waals surface area contributed by atoms with Gasteiger partial charge in [-0.2, -0.15) is 5.10 Å². The highest BCUT2D eigenvalue weighted by molar-refractivity contribution is 6.32. The topological polar surface area (TPSA) is 46.9 Å². The number of halogens is 1. The van der Waals surface area contributed by atoms with Crippen LogP contribution in [0.3, 0.4) is 0 Å². The van der Waals surface area contributed by atoms with Crippen molar-refractivity contribution in [2.75, 3.05) is 11.9 Å². The Hall–Kier alpha value is -1.03. The maximum Gasteiger partial charge on any atom is 0.287 e. The molecule has 0 spiro atoms. The zero-order valence-corrected chi connectivity index (χ0v) is 14.5. The quantitative estimate of drug-likeness (QED) is 0.690. The average molecular weight is 314 g/mol. The van der Waals surface area contributed by atoms with Crippen molar-refractivity contribution in [1.82, 2.24) is 9.78 Å². The molecule has 0 saturated carbocycles. The van der Waals surface area contributed by atoms with Crippen LogP contribution in [0.5, 0.6) is 0 Å². The first kappa shape index (κ1) is 18.0. The van der Waals surface area contributed by atoms with Gasteiger partial charge in [0.1, 0.15) is 5.02 Å². The fourth-order valence-electron chi connectivity index (χ4n) is 2.24. The second kappa shape index (κ2) is 8.42. The lowest BCUT2D eigenvalue weighted by Crippen LogP contribution is -2.27. The van der Waals surface area contributed by atoms with Crippen molar-refractivity contribution in [2.45, 2.75) is 66.3 Å². The van der Waals surface area contributed by atoms with Crippen molar-refractivity contribution in [3.8, 4) is 0 Å². The first-order valence-electron chi connectivity index (χ1n) is 7.90. The van der Waals surface area contributed by atoms with Gasteiger partial charge in [0.15, 0.2) is 0 Å². The van der Waals surface area contributed by atoms with E-state index in [9.17, 15) is 4.79 Å². The van der Waals surface area contributed by atoms with E-state index in [1.165, 1.54) is 23.9 Å². The number of nitrogens with zero attached hydrogens (tertiary/aromatic N) is 2. The molecule has 120 valence electrons. The van der Waals surface area contributed by atoms with E-state index in [2.05, 4.69) is 31.2 Å². The number of aromatic nitrogens is 2. The van der Waals surface area contributed by atoms with E-state index < -0.39 is 0 Å². The predicted octanol–water partition coefficient (Wildman–Crippen LogP) is 4.33. The van der Waals surface area contributed by atoms with Crippen LogP contribution < -0.4 is 10.9 Å². The van der Waals surface area contributed by atoms with Gasteiger partial charge >= 0.3 is 0 Å². The van der Waals surface area contributed by atoms with Gasteiger partial charge in [0.05, 0.1) is 11.9 Å². The minimum absolute atomic E-state index is 0.177. The second-order valence-corrected chi connectivity index (χ2v) is 6.75. The fraction of sp³-hybridized carbons (Fsp3) is 0.750. The van der Waals surface area contributed by atoms with Crippen LogP contribution in [0.1, 0.15) is 59.8 Å². The van der Waals surface area contributed by atoms with Crippen molar-refractivity contribution in [2.24, 2.45) is 5.41 Å². The molecule has 0 fully saturated rings. The first-order chi connectivity index (χ1) is 9.91. The van der Waals surface area contributed by atoms with E-state index in [-0.39, 0.29) is 16.0 Å². The Balaban J connectivity index is 2.67. The van der Waals surface area contributed by atoms with Crippen LogP contribution in [0.25, 0.3) is 0 Å². The molecular formula is C16H28ClN3O. The van der Waals surface area contributed by atoms with E-state index in [1.54, 1.807) is 6.20 Å². The zero-order chi connectivity index (χ0) is 15.9. The summed E-state index contributed by atoms with van der Waals surface area (Å²) in [6.45, 7) is 10.1. The molecule has 0 aromatic carbocycles. The van der Waals surface area contributed by atoms with E-state index in [0.717, 1.165) is 19.4 Å². The number of unbranched alkanes of at least 4 members (excludes halogenated alkanes) is 2. The highest BCUT2D eigenvalue weighted by Crippen LogP contribution is 2.25. The fourth-order valence-corrected chi connectivity index (χ4v) is 2.45. The Kier molecular flexibility index (Phi) is 7.23. The molecule has 5 heteroatoms. The third-order valence-electron chi connectivity index (χ3n) is 3.63. The van der Waals surface area contributed by atoms with Gasteiger partial charge in [-0.05, 0) is 18.3 Å². The molecular weight excluding hydrogens is 286 g/mol. The van der Waals surface area contributed by atoms with Crippen LogP contribution in [-0.2, 0) is 6.54 Å². The van der Waals surface area contributed by atoms with Gasteiger partial charge in [-0.25, -0.2) is 4.68 Å². The summed E-state index contributed by atoms with van der Waals surface area (Å²) >= 11 is 6.15. The van der Waals surface area contributed by atoms with Gasteiger partial charge in [0.2, 0.25) is 0 Å². The van der Waals surface area contributed by atoms with Crippen LogP contribution in [0.15, 0.2) is 11.0 Å². The molecule has 0 radical (unpaired) electrons. The number of hydrogen-bond acceptors (Lipinski definition) is 3. The summed E-state index contributed by atoms with van der Waals surface area (Å²) in [6.07, 6.45) is 7.40. The SMILES string of the molecule is CCCCCC(C)(C)CNc1cnn(CCC)c(=O)c1Cl. The normalized spacial score (nSPS) is 11.7. The number of hydrogen-bond donors (Lipinski definition) is 1. The van der Waals surface area contributed by atoms with E-state index in [4.69, 9.17) is 11.6 Å².